The Hall–Kier alpha value is -2.37. The molecule has 0 saturated carbocycles. The third-order valence-electron chi connectivity index (χ3n) is 3.57. The highest BCUT2D eigenvalue weighted by Crippen LogP contribution is 2.13. The van der Waals surface area contributed by atoms with Gasteiger partial charge < -0.3 is 20.7 Å². The summed E-state index contributed by atoms with van der Waals surface area (Å²) in [4.78, 5) is 10.6. The summed E-state index contributed by atoms with van der Waals surface area (Å²) in [6.45, 7) is 0. The van der Waals surface area contributed by atoms with Crippen molar-refractivity contribution in [1.82, 2.24) is 0 Å². The van der Waals surface area contributed by atoms with Crippen LogP contribution in [0.25, 0.3) is 0 Å². The van der Waals surface area contributed by atoms with Crippen molar-refractivity contribution in [3.8, 4) is 5.75 Å². The molecule has 0 aliphatic heterocycles. The highest BCUT2D eigenvalue weighted by atomic mass is 16.5. The molecule has 4 N–H and O–H groups in total. The average Bonchev–Trinajstić information content (AvgIpc) is 2.61. The molecule has 1 amide bonds. The van der Waals surface area contributed by atoms with Crippen molar-refractivity contribution >= 4 is 5.91 Å². The monoisotopic (exact) mass is 345 g/mol. The number of amides is 1. The molecule has 1 aromatic rings. The number of primary amides is 1. The molecule has 0 bridgehead atoms. The molecule has 5 heteroatoms. The molecular weight excluding hydrogens is 318 g/mol. The quantitative estimate of drug-likeness (QED) is 0.537. The first-order valence-corrected chi connectivity index (χ1v) is 8.30. The summed E-state index contributed by atoms with van der Waals surface area (Å²) < 4.78 is 5.11. The summed E-state index contributed by atoms with van der Waals surface area (Å²) in [7, 11) is 1.63. The second kappa shape index (κ2) is 12.1. The van der Waals surface area contributed by atoms with E-state index in [0.29, 0.717) is 12.8 Å². The molecule has 0 heterocycles. The van der Waals surface area contributed by atoms with Gasteiger partial charge in [-0.2, -0.15) is 0 Å². The minimum Gasteiger partial charge on any atom is -0.497 e. The first-order chi connectivity index (χ1) is 12.0. The van der Waals surface area contributed by atoms with E-state index in [9.17, 15) is 15.0 Å². The molecule has 1 aromatic carbocycles. The number of hydrogen-bond acceptors (Lipinski definition) is 4. The van der Waals surface area contributed by atoms with Gasteiger partial charge in [0.05, 0.1) is 19.3 Å². The molecule has 0 fully saturated rings. The maximum Gasteiger partial charge on any atom is 0.217 e. The number of carbonyl (C=O) groups is 1. The molecule has 0 aliphatic rings. The van der Waals surface area contributed by atoms with E-state index in [1.54, 1.807) is 43.6 Å². The van der Waals surface area contributed by atoms with E-state index < -0.39 is 18.1 Å². The number of carbonyl (C=O) groups excluding carboxylic acids is 1. The Morgan fingerprint density at radius 2 is 1.60 bits per heavy atom. The van der Waals surface area contributed by atoms with Crippen molar-refractivity contribution in [2.75, 3.05) is 7.11 Å². The SMILES string of the molecule is COc1ccc(CCC(O)/C=C/C=C/C=C/C(O)CCC(N)=O)cc1. The normalized spacial score (nSPS) is 14.4. The van der Waals surface area contributed by atoms with Gasteiger partial charge in [0, 0.05) is 6.42 Å². The lowest BCUT2D eigenvalue weighted by atomic mass is 10.1. The maximum atomic E-state index is 10.6. The number of aliphatic hydroxyl groups is 2. The Bertz CT molecular complexity index is 590. The van der Waals surface area contributed by atoms with Crippen LogP contribution < -0.4 is 10.5 Å². The van der Waals surface area contributed by atoms with Crippen LogP contribution in [0, 0.1) is 0 Å². The Balaban J connectivity index is 2.26. The molecule has 136 valence electrons. The molecule has 5 nitrogen and oxygen atoms in total. The lowest BCUT2D eigenvalue weighted by Gasteiger charge is -2.06. The summed E-state index contributed by atoms with van der Waals surface area (Å²) in [5.74, 6) is 0.400. The highest BCUT2D eigenvalue weighted by Gasteiger charge is 2.01. The summed E-state index contributed by atoms with van der Waals surface area (Å²) in [6, 6.07) is 7.79. The predicted molar refractivity (Wildman–Crippen MR) is 99.2 cm³/mol. The fraction of sp³-hybridized carbons (Fsp3) is 0.350. The van der Waals surface area contributed by atoms with Crippen molar-refractivity contribution in [3.63, 3.8) is 0 Å². The number of allylic oxidation sites excluding steroid dienone is 4. The van der Waals surface area contributed by atoms with Gasteiger partial charge in [-0.05, 0) is 37.0 Å². The second-order valence-electron chi connectivity index (χ2n) is 5.68. The number of methoxy groups -OCH3 is 1. The standard InChI is InChI=1S/C20H27NO4/c1-25-19-13-9-16(10-14-19)8-11-17(22)6-4-2-3-5-7-18(23)12-15-20(21)24/h2-7,9-10,13-14,17-18,22-23H,8,11-12,15H2,1H3,(H2,21,24)/b3-2+,6-4+,7-5+. The first-order valence-electron chi connectivity index (χ1n) is 8.30. The molecule has 0 radical (unpaired) electrons. The number of ether oxygens (including phenoxy) is 1. The number of aryl methyl sites for hydroxylation is 1. The zero-order chi connectivity index (χ0) is 18.5. The smallest absolute Gasteiger partial charge is 0.217 e. The summed E-state index contributed by atoms with van der Waals surface area (Å²) in [5, 5.41) is 19.5. The number of benzene rings is 1. The number of rotatable bonds is 11. The van der Waals surface area contributed by atoms with E-state index in [1.165, 1.54) is 0 Å². The second-order valence-corrected chi connectivity index (χ2v) is 5.68. The zero-order valence-electron chi connectivity index (χ0n) is 14.5. The van der Waals surface area contributed by atoms with Gasteiger partial charge in [0.15, 0.2) is 0 Å². The van der Waals surface area contributed by atoms with Crippen LogP contribution in [0.5, 0.6) is 5.75 Å². The van der Waals surface area contributed by atoms with Gasteiger partial charge in [-0.1, -0.05) is 48.6 Å². The Morgan fingerprint density at radius 1 is 1.04 bits per heavy atom. The Morgan fingerprint density at radius 3 is 2.12 bits per heavy atom. The number of aliphatic hydroxyl groups excluding tert-OH is 2. The molecule has 0 spiro atoms. The van der Waals surface area contributed by atoms with Crippen LogP contribution >= 0.6 is 0 Å². The summed E-state index contributed by atoms with van der Waals surface area (Å²) >= 11 is 0. The van der Waals surface area contributed by atoms with Crippen molar-refractivity contribution < 1.29 is 19.7 Å². The summed E-state index contributed by atoms with van der Waals surface area (Å²) in [6.07, 6.45) is 11.0. The van der Waals surface area contributed by atoms with E-state index >= 15 is 0 Å². The van der Waals surface area contributed by atoms with Crippen molar-refractivity contribution in [1.29, 1.82) is 0 Å². The third kappa shape index (κ3) is 10.2. The fourth-order valence-electron chi connectivity index (χ4n) is 2.10. The molecule has 1 rings (SSSR count). The van der Waals surface area contributed by atoms with Crippen LogP contribution in [0.2, 0.25) is 0 Å². The fourth-order valence-corrected chi connectivity index (χ4v) is 2.10. The summed E-state index contributed by atoms with van der Waals surface area (Å²) in [5.41, 5.74) is 6.16. The molecule has 0 aromatic heterocycles. The Kier molecular flexibility index (Phi) is 9.97. The highest BCUT2D eigenvalue weighted by molar-refractivity contribution is 5.73. The van der Waals surface area contributed by atoms with E-state index in [1.807, 2.05) is 24.3 Å². The van der Waals surface area contributed by atoms with E-state index in [4.69, 9.17) is 10.5 Å². The molecule has 2 atom stereocenters. The van der Waals surface area contributed by atoms with Crippen LogP contribution in [0.1, 0.15) is 24.8 Å². The topological polar surface area (TPSA) is 92.8 Å². The van der Waals surface area contributed by atoms with Crippen LogP contribution in [0.15, 0.2) is 60.7 Å². The zero-order valence-corrected chi connectivity index (χ0v) is 14.5. The molecule has 0 saturated heterocycles. The van der Waals surface area contributed by atoms with Gasteiger partial charge in [0.2, 0.25) is 5.91 Å². The van der Waals surface area contributed by atoms with E-state index in [2.05, 4.69) is 0 Å². The van der Waals surface area contributed by atoms with Gasteiger partial charge in [-0.25, -0.2) is 0 Å². The van der Waals surface area contributed by atoms with Crippen molar-refractivity contribution in [2.24, 2.45) is 5.73 Å². The van der Waals surface area contributed by atoms with Crippen LogP contribution in [0.3, 0.4) is 0 Å². The molecule has 0 aliphatic carbocycles. The van der Waals surface area contributed by atoms with Crippen LogP contribution in [-0.4, -0.2) is 35.4 Å². The number of nitrogens with two attached hydrogens (primary N) is 1. The third-order valence-corrected chi connectivity index (χ3v) is 3.57. The number of hydrogen-bond donors (Lipinski definition) is 3. The molecule has 25 heavy (non-hydrogen) atoms. The van der Waals surface area contributed by atoms with Gasteiger partial charge >= 0.3 is 0 Å². The van der Waals surface area contributed by atoms with Crippen LogP contribution in [-0.2, 0) is 11.2 Å². The van der Waals surface area contributed by atoms with Crippen molar-refractivity contribution in [2.45, 2.75) is 37.9 Å². The van der Waals surface area contributed by atoms with Gasteiger partial charge in [0.25, 0.3) is 0 Å². The van der Waals surface area contributed by atoms with Gasteiger partial charge in [-0.3, -0.25) is 4.79 Å². The molecular formula is C20H27NO4. The van der Waals surface area contributed by atoms with E-state index in [0.717, 1.165) is 17.7 Å². The molecule has 2 unspecified atom stereocenters. The van der Waals surface area contributed by atoms with E-state index in [-0.39, 0.29) is 6.42 Å². The first kappa shape index (κ1) is 20.7. The maximum absolute atomic E-state index is 10.6. The van der Waals surface area contributed by atoms with Gasteiger partial charge in [0.1, 0.15) is 5.75 Å². The largest absolute Gasteiger partial charge is 0.497 e. The minimum absolute atomic E-state index is 0.162. The lowest BCUT2D eigenvalue weighted by Crippen LogP contribution is -2.13. The predicted octanol–water partition coefficient (Wildman–Crippen LogP) is 2.28. The Labute approximate surface area is 149 Å². The minimum atomic E-state index is -0.684. The average molecular weight is 345 g/mol. The van der Waals surface area contributed by atoms with Gasteiger partial charge in [-0.15, -0.1) is 0 Å². The lowest BCUT2D eigenvalue weighted by molar-refractivity contribution is -0.118. The van der Waals surface area contributed by atoms with Crippen LogP contribution in [0.4, 0.5) is 0 Å². The van der Waals surface area contributed by atoms with Crippen molar-refractivity contribution in [3.05, 3.63) is 66.3 Å².